The third-order valence-corrected chi connectivity index (χ3v) is 4.73. The lowest BCUT2D eigenvalue weighted by molar-refractivity contribution is -0.143. The molecular weight excluding hydrogens is 268 g/mol. The molecule has 0 bridgehead atoms. The number of piperazine rings is 1. The van der Waals surface area contributed by atoms with E-state index in [-0.39, 0.29) is 11.3 Å². The van der Waals surface area contributed by atoms with E-state index in [4.69, 9.17) is 0 Å². The fourth-order valence-electron chi connectivity index (χ4n) is 3.45. The van der Waals surface area contributed by atoms with Gasteiger partial charge in [-0.25, -0.2) is 0 Å². The van der Waals surface area contributed by atoms with Crippen LogP contribution >= 0.6 is 0 Å². The maximum atomic E-state index is 12.9. The van der Waals surface area contributed by atoms with Gasteiger partial charge < -0.3 is 15.5 Å². The summed E-state index contributed by atoms with van der Waals surface area (Å²) in [4.78, 5) is 28.4. The first-order chi connectivity index (χ1) is 10.1. The van der Waals surface area contributed by atoms with E-state index in [1.54, 1.807) is 7.05 Å². The first-order valence-corrected chi connectivity index (χ1v) is 8.04. The Morgan fingerprint density at radius 1 is 1.24 bits per heavy atom. The molecule has 2 aliphatic rings. The van der Waals surface area contributed by atoms with Crippen molar-refractivity contribution >= 4 is 11.8 Å². The summed E-state index contributed by atoms with van der Waals surface area (Å²) in [7, 11) is 1.66. The number of carbonyl (C=O) groups excluding carboxylic acids is 2. The first-order valence-electron chi connectivity index (χ1n) is 8.04. The van der Waals surface area contributed by atoms with Crippen molar-refractivity contribution in [1.29, 1.82) is 0 Å². The second-order valence-electron chi connectivity index (χ2n) is 6.20. The highest BCUT2D eigenvalue weighted by molar-refractivity contribution is 5.83. The van der Waals surface area contributed by atoms with Gasteiger partial charge in [0.1, 0.15) is 0 Å². The molecule has 2 aliphatic heterocycles. The van der Waals surface area contributed by atoms with Crippen molar-refractivity contribution in [2.24, 2.45) is 5.41 Å². The molecule has 2 fully saturated rings. The zero-order valence-electron chi connectivity index (χ0n) is 13.3. The summed E-state index contributed by atoms with van der Waals surface area (Å²) in [5, 5.41) is 5.99. The summed E-state index contributed by atoms with van der Waals surface area (Å²) >= 11 is 0. The molecule has 0 aromatic carbocycles. The van der Waals surface area contributed by atoms with Crippen LogP contribution in [0.5, 0.6) is 0 Å². The van der Waals surface area contributed by atoms with Gasteiger partial charge in [-0.1, -0.05) is 13.3 Å². The van der Waals surface area contributed by atoms with Crippen molar-refractivity contribution in [3.05, 3.63) is 0 Å². The number of hydrogen-bond donors (Lipinski definition) is 2. The molecular formula is C15H28N4O2. The van der Waals surface area contributed by atoms with Crippen LogP contribution in [0.2, 0.25) is 0 Å². The Kier molecular flexibility index (Phi) is 5.58. The standard InChI is InChI=1S/C15H28N4O2/c1-3-4-15(5-6-17-12-15)14(21)19-9-7-18(8-10-19)11-13(20)16-2/h17H,3-12H2,1-2H3,(H,16,20). The lowest BCUT2D eigenvalue weighted by Crippen LogP contribution is -2.55. The van der Waals surface area contributed by atoms with Gasteiger partial charge in [-0.2, -0.15) is 0 Å². The molecule has 0 aromatic heterocycles. The van der Waals surface area contributed by atoms with Crippen LogP contribution < -0.4 is 10.6 Å². The first kappa shape index (κ1) is 16.2. The third-order valence-electron chi connectivity index (χ3n) is 4.73. The number of likely N-dealkylation sites (N-methyl/N-ethyl adjacent to an activating group) is 1. The Bertz CT molecular complexity index is 372. The quantitative estimate of drug-likeness (QED) is 0.728. The van der Waals surface area contributed by atoms with Crippen molar-refractivity contribution < 1.29 is 9.59 Å². The van der Waals surface area contributed by atoms with E-state index in [9.17, 15) is 9.59 Å². The second-order valence-corrected chi connectivity index (χ2v) is 6.20. The maximum Gasteiger partial charge on any atom is 0.233 e. The summed E-state index contributed by atoms with van der Waals surface area (Å²) in [6, 6.07) is 0. The molecule has 120 valence electrons. The summed E-state index contributed by atoms with van der Waals surface area (Å²) in [6.07, 6.45) is 2.97. The predicted octanol–water partition coefficient (Wildman–Crippen LogP) is -0.344. The molecule has 0 spiro atoms. The van der Waals surface area contributed by atoms with Gasteiger partial charge in [0.05, 0.1) is 12.0 Å². The maximum absolute atomic E-state index is 12.9. The molecule has 1 atom stereocenters. The van der Waals surface area contributed by atoms with Crippen molar-refractivity contribution in [1.82, 2.24) is 20.4 Å². The van der Waals surface area contributed by atoms with E-state index in [0.29, 0.717) is 12.5 Å². The van der Waals surface area contributed by atoms with Crippen molar-refractivity contribution in [3.8, 4) is 0 Å². The van der Waals surface area contributed by atoms with Crippen LogP contribution in [0.4, 0.5) is 0 Å². The molecule has 21 heavy (non-hydrogen) atoms. The SMILES string of the molecule is CCCC1(C(=O)N2CCN(CC(=O)NC)CC2)CCNC1. The largest absolute Gasteiger partial charge is 0.358 e. The van der Waals surface area contributed by atoms with E-state index in [0.717, 1.165) is 58.5 Å². The van der Waals surface area contributed by atoms with E-state index >= 15 is 0 Å². The molecule has 0 aromatic rings. The Morgan fingerprint density at radius 2 is 1.95 bits per heavy atom. The summed E-state index contributed by atoms with van der Waals surface area (Å²) in [6.45, 7) is 7.39. The van der Waals surface area contributed by atoms with E-state index < -0.39 is 0 Å². The molecule has 2 N–H and O–H groups in total. The molecule has 0 radical (unpaired) electrons. The van der Waals surface area contributed by atoms with Gasteiger partial charge >= 0.3 is 0 Å². The normalized spacial score (nSPS) is 26.9. The van der Waals surface area contributed by atoms with Crippen LogP contribution in [-0.4, -0.2) is 74.5 Å². The number of rotatable bonds is 5. The van der Waals surface area contributed by atoms with Crippen molar-refractivity contribution in [2.45, 2.75) is 26.2 Å². The average molecular weight is 296 g/mol. The van der Waals surface area contributed by atoms with Gasteiger partial charge in [0.2, 0.25) is 11.8 Å². The molecule has 0 aliphatic carbocycles. The smallest absolute Gasteiger partial charge is 0.233 e. The van der Waals surface area contributed by atoms with Gasteiger partial charge in [-0.05, 0) is 19.4 Å². The van der Waals surface area contributed by atoms with Gasteiger partial charge in [-0.3, -0.25) is 14.5 Å². The van der Waals surface area contributed by atoms with Gasteiger partial charge in [0.15, 0.2) is 0 Å². The molecule has 6 nitrogen and oxygen atoms in total. The topological polar surface area (TPSA) is 64.7 Å². The molecule has 2 heterocycles. The summed E-state index contributed by atoms with van der Waals surface area (Å²) < 4.78 is 0. The second kappa shape index (κ2) is 7.22. The average Bonchev–Trinajstić information content (AvgIpc) is 2.97. The highest BCUT2D eigenvalue weighted by Gasteiger charge is 2.43. The number of hydrogen-bond acceptors (Lipinski definition) is 4. The van der Waals surface area contributed by atoms with Crippen LogP contribution in [0.15, 0.2) is 0 Å². The van der Waals surface area contributed by atoms with Crippen LogP contribution in [0.3, 0.4) is 0 Å². The summed E-state index contributed by atoms with van der Waals surface area (Å²) in [5.74, 6) is 0.353. The lowest BCUT2D eigenvalue weighted by Gasteiger charge is -2.39. The van der Waals surface area contributed by atoms with Gasteiger partial charge in [0.25, 0.3) is 0 Å². The van der Waals surface area contributed by atoms with Crippen LogP contribution in [0.25, 0.3) is 0 Å². The lowest BCUT2D eigenvalue weighted by atomic mass is 9.81. The van der Waals surface area contributed by atoms with Crippen molar-refractivity contribution in [3.63, 3.8) is 0 Å². The number of nitrogens with one attached hydrogen (secondary N) is 2. The summed E-state index contributed by atoms with van der Waals surface area (Å²) in [5.41, 5.74) is -0.183. The molecule has 2 amide bonds. The molecule has 2 saturated heterocycles. The molecule has 2 rings (SSSR count). The third kappa shape index (κ3) is 3.74. The zero-order chi connectivity index (χ0) is 15.3. The van der Waals surface area contributed by atoms with E-state index in [2.05, 4.69) is 22.5 Å². The van der Waals surface area contributed by atoms with Crippen LogP contribution in [-0.2, 0) is 9.59 Å². The minimum Gasteiger partial charge on any atom is -0.358 e. The molecule has 6 heteroatoms. The Morgan fingerprint density at radius 3 is 2.48 bits per heavy atom. The Balaban J connectivity index is 1.89. The zero-order valence-corrected chi connectivity index (χ0v) is 13.3. The number of amides is 2. The number of carbonyl (C=O) groups is 2. The number of nitrogens with zero attached hydrogens (tertiary/aromatic N) is 2. The van der Waals surface area contributed by atoms with E-state index in [1.807, 2.05) is 4.90 Å². The van der Waals surface area contributed by atoms with E-state index in [1.165, 1.54) is 0 Å². The van der Waals surface area contributed by atoms with Crippen LogP contribution in [0.1, 0.15) is 26.2 Å². The Labute approximate surface area is 127 Å². The highest BCUT2D eigenvalue weighted by Crippen LogP contribution is 2.33. The minimum absolute atomic E-state index is 0.0391. The fraction of sp³-hybridized carbons (Fsp3) is 0.867. The molecule has 0 saturated carbocycles. The monoisotopic (exact) mass is 296 g/mol. The molecule has 1 unspecified atom stereocenters. The predicted molar refractivity (Wildman–Crippen MR) is 81.9 cm³/mol. The fourth-order valence-corrected chi connectivity index (χ4v) is 3.45. The highest BCUT2D eigenvalue weighted by atomic mass is 16.2. The Hall–Kier alpha value is -1.14. The van der Waals surface area contributed by atoms with Gasteiger partial charge in [0, 0.05) is 39.8 Å². The van der Waals surface area contributed by atoms with Gasteiger partial charge in [-0.15, -0.1) is 0 Å². The minimum atomic E-state index is -0.183. The van der Waals surface area contributed by atoms with Crippen LogP contribution in [0, 0.1) is 5.41 Å². The van der Waals surface area contributed by atoms with Crippen molar-refractivity contribution in [2.75, 3.05) is 52.9 Å².